The number of carbonyl (C=O) groups excluding carboxylic acids is 2. The lowest BCUT2D eigenvalue weighted by Crippen LogP contribution is -2.37. The predicted octanol–water partition coefficient (Wildman–Crippen LogP) is 3.12. The van der Waals surface area contributed by atoms with Crippen LogP contribution in [0, 0.1) is 0 Å². The maximum Gasteiger partial charge on any atom is 0.252 e. The molecular formula is C24H24N2O3. The van der Waals surface area contributed by atoms with Crippen LogP contribution in [0.4, 0.5) is 0 Å². The minimum absolute atomic E-state index is 0.0547. The van der Waals surface area contributed by atoms with E-state index in [0.29, 0.717) is 5.56 Å². The van der Waals surface area contributed by atoms with Gasteiger partial charge in [-0.1, -0.05) is 60.7 Å². The van der Waals surface area contributed by atoms with E-state index in [9.17, 15) is 14.7 Å². The molecule has 3 aromatic rings. The quantitative estimate of drug-likeness (QED) is 0.491. The Balaban J connectivity index is 1.71. The molecule has 3 rings (SSSR count). The van der Waals surface area contributed by atoms with Crippen LogP contribution in [0.2, 0.25) is 0 Å². The standard InChI is InChI=1S/C24H24N2O3/c25-24(29)21-15-19(11-12-22(21)27)23(28)16-26-20(13-17-7-3-1-4-8-17)14-18-9-5-2-6-10-18/h1-12,15,20,26-27H,13-14,16H2,(H2,25,29). The third-order valence-electron chi connectivity index (χ3n) is 4.79. The van der Waals surface area contributed by atoms with E-state index in [2.05, 4.69) is 29.6 Å². The number of hydrogen-bond acceptors (Lipinski definition) is 4. The molecule has 148 valence electrons. The zero-order valence-corrected chi connectivity index (χ0v) is 16.0. The fourth-order valence-corrected chi connectivity index (χ4v) is 3.26. The van der Waals surface area contributed by atoms with Gasteiger partial charge in [0.25, 0.3) is 5.91 Å². The lowest BCUT2D eigenvalue weighted by molar-refractivity contribution is 0.0987. The van der Waals surface area contributed by atoms with Gasteiger partial charge in [0.15, 0.2) is 5.78 Å². The van der Waals surface area contributed by atoms with Crippen molar-refractivity contribution in [1.29, 1.82) is 0 Å². The van der Waals surface area contributed by atoms with Gasteiger partial charge in [-0.15, -0.1) is 0 Å². The number of carbonyl (C=O) groups is 2. The highest BCUT2D eigenvalue weighted by Crippen LogP contribution is 2.18. The monoisotopic (exact) mass is 388 g/mol. The number of ketones is 1. The van der Waals surface area contributed by atoms with Gasteiger partial charge in [-0.3, -0.25) is 9.59 Å². The Morgan fingerprint density at radius 2 is 1.41 bits per heavy atom. The van der Waals surface area contributed by atoms with Crippen molar-refractivity contribution in [2.75, 3.05) is 6.54 Å². The van der Waals surface area contributed by atoms with Crippen molar-refractivity contribution in [1.82, 2.24) is 5.32 Å². The highest BCUT2D eigenvalue weighted by molar-refractivity contribution is 6.02. The second kappa shape index (κ2) is 9.66. The molecule has 5 nitrogen and oxygen atoms in total. The first-order valence-electron chi connectivity index (χ1n) is 9.50. The molecule has 0 unspecified atom stereocenters. The van der Waals surface area contributed by atoms with Crippen LogP contribution in [0.3, 0.4) is 0 Å². The van der Waals surface area contributed by atoms with Crippen molar-refractivity contribution >= 4 is 11.7 Å². The SMILES string of the molecule is NC(=O)c1cc(C(=O)CNC(Cc2ccccc2)Cc2ccccc2)ccc1O. The van der Waals surface area contributed by atoms with Gasteiger partial charge in [0, 0.05) is 11.6 Å². The summed E-state index contributed by atoms with van der Waals surface area (Å²) in [5, 5.41) is 13.1. The summed E-state index contributed by atoms with van der Waals surface area (Å²) < 4.78 is 0. The first-order valence-corrected chi connectivity index (χ1v) is 9.50. The molecule has 0 heterocycles. The van der Waals surface area contributed by atoms with Gasteiger partial charge in [0.05, 0.1) is 12.1 Å². The molecule has 0 aliphatic heterocycles. The number of benzene rings is 3. The molecule has 0 bridgehead atoms. The lowest BCUT2D eigenvalue weighted by Gasteiger charge is -2.19. The van der Waals surface area contributed by atoms with E-state index in [4.69, 9.17) is 5.73 Å². The zero-order chi connectivity index (χ0) is 20.6. The van der Waals surface area contributed by atoms with Crippen molar-refractivity contribution in [3.8, 4) is 5.75 Å². The third kappa shape index (κ3) is 5.77. The molecule has 1 amide bonds. The number of primary amides is 1. The average molecular weight is 388 g/mol. The molecule has 0 aromatic heterocycles. The Morgan fingerprint density at radius 3 is 1.93 bits per heavy atom. The molecule has 4 N–H and O–H groups in total. The van der Waals surface area contributed by atoms with Crippen LogP contribution >= 0.6 is 0 Å². The summed E-state index contributed by atoms with van der Waals surface area (Å²) >= 11 is 0. The molecule has 0 radical (unpaired) electrons. The Bertz CT molecular complexity index is 930. The molecule has 0 aliphatic rings. The van der Waals surface area contributed by atoms with E-state index in [0.717, 1.165) is 12.8 Å². The molecule has 3 aromatic carbocycles. The number of rotatable bonds is 9. The summed E-state index contributed by atoms with van der Waals surface area (Å²) in [4.78, 5) is 24.0. The second-order valence-corrected chi connectivity index (χ2v) is 6.98. The van der Waals surface area contributed by atoms with Crippen molar-refractivity contribution in [2.24, 2.45) is 5.73 Å². The smallest absolute Gasteiger partial charge is 0.252 e. The van der Waals surface area contributed by atoms with Crippen LogP contribution in [0.25, 0.3) is 0 Å². The summed E-state index contributed by atoms with van der Waals surface area (Å²) in [5.41, 5.74) is 7.91. The average Bonchev–Trinajstić information content (AvgIpc) is 2.73. The molecule has 0 aliphatic carbocycles. The molecular weight excluding hydrogens is 364 g/mol. The molecule has 0 saturated heterocycles. The second-order valence-electron chi connectivity index (χ2n) is 6.98. The molecule has 0 fully saturated rings. The van der Waals surface area contributed by atoms with Crippen LogP contribution in [-0.2, 0) is 12.8 Å². The van der Waals surface area contributed by atoms with Gasteiger partial charge in [0.2, 0.25) is 0 Å². The maximum absolute atomic E-state index is 12.6. The Hall–Kier alpha value is -3.44. The van der Waals surface area contributed by atoms with Crippen LogP contribution in [-0.4, -0.2) is 29.4 Å². The molecule has 0 spiro atoms. The topological polar surface area (TPSA) is 92.4 Å². The zero-order valence-electron chi connectivity index (χ0n) is 16.0. The summed E-state index contributed by atoms with van der Waals surface area (Å²) in [5.74, 6) is -1.16. The Kier molecular flexibility index (Phi) is 6.76. The Morgan fingerprint density at radius 1 is 0.862 bits per heavy atom. The number of phenols is 1. The van der Waals surface area contributed by atoms with E-state index in [-0.39, 0.29) is 29.7 Å². The minimum Gasteiger partial charge on any atom is -0.507 e. The van der Waals surface area contributed by atoms with Crippen LogP contribution < -0.4 is 11.1 Å². The summed E-state index contributed by atoms with van der Waals surface area (Å²) in [6.07, 6.45) is 1.57. The van der Waals surface area contributed by atoms with Gasteiger partial charge in [-0.05, 0) is 42.2 Å². The largest absolute Gasteiger partial charge is 0.507 e. The van der Waals surface area contributed by atoms with E-state index in [1.54, 1.807) is 0 Å². The fourth-order valence-electron chi connectivity index (χ4n) is 3.26. The number of Topliss-reactive ketones (excluding diaryl/α,β-unsaturated/α-hetero) is 1. The molecule has 5 heteroatoms. The van der Waals surface area contributed by atoms with Crippen LogP contribution in [0.1, 0.15) is 31.8 Å². The summed E-state index contributed by atoms with van der Waals surface area (Å²) in [6, 6.07) is 24.5. The normalized spacial score (nSPS) is 10.8. The van der Waals surface area contributed by atoms with Crippen molar-refractivity contribution < 1.29 is 14.7 Å². The van der Waals surface area contributed by atoms with Crippen LogP contribution in [0.15, 0.2) is 78.9 Å². The summed E-state index contributed by atoms with van der Waals surface area (Å²) in [6.45, 7) is 0.118. The van der Waals surface area contributed by atoms with Crippen molar-refractivity contribution in [3.63, 3.8) is 0 Å². The van der Waals surface area contributed by atoms with Crippen molar-refractivity contribution in [2.45, 2.75) is 18.9 Å². The van der Waals surface area contributed by atoms with Gasteiger partial charge >= 0.3 is 0 Å². The highest BCUT2D eigenvalue weighted by atomic mass is 16.3. The molecule has 0 atom stereocenters. The molecule has 0 saturated carbocycles. The van der Waals surface area contributed by atoms with Gasteiger partial charge in [-0.25, -0.2) is 0 Å². The lowest BCUT2D eigenvalue weighted by atomic mass is 9.98. The third-order valence-corrected chi connectivity index (χ3v) is 4.79. The van der Waals surface area contributed by atoms with Gasteiger partial charge in [-0.2, -0.15) is 0 Å². The number of nitrogens with two attached hydrogens (primary N) is 1. The van der Waals surface area contributed by atoms with E-state index in [1.165, 1.54) is 29.3 Å². The Labute approximate surface area is 170 Å². The van der Waals surface area contributed by atoms with Gasteiger partial charge < -0.3 is 16.2 Å². The van der Waals surface area contributed by atoms with Crippen molar-refractivity contribution in [3.05, 3.63) is 101 Å². The summed E-state index contributed by atoms with van der Waals surface area (Å²) in [7, 11) is 0. The number of hydrogen-bond donors (Lipinski definition) is 3. The minimum atomic E-state index is -0.767. The highest BCUT2D eigenvalue weighted by Gasteiger charge is 2.16. The fraction of sp³-hybridized carbons (Fsp3) is 0.167. The first kappa shape index (κ1) is 20.3. The number of amides is 1. The van der Waals surface area contributed by atoms with Gasteiger partial charge in [0.1, 0.15) is 5.75 Å². The van der Waals surface area contributed by atoms with E-state index in [1.807, 2.05) is 36.4 Å². The number of aromatic hydroxyl groups is 1. The van der Waals surface area contributed by atoms with E-state index >= 15 is 0 Å². The van der Waals surface area contributed by atoms with E-state index < -0.39 is 5.91 Å². The first-order chi connectivity index (χ1) is 14.0. The predicted molar refractivity (Wildman–Crippen MR) is 113 cm³/mol. The van der Waals surface area contributed by atoms with Crippen LogP contribution in [0.5, 0.6) is 5.75 Å². The molecule has 29 heavy (non-hydrogen) atoms. The maximum atomic E-state index is 12.6. The number of nitrogens with one attached hydrogen (secondary N) is 1.